The number of amides is 1. The molecule has 2 aliphatic rings. The predicted molar refractivity (Wildman–Crippen MR) is 55.7 cm³/mol. The number of aromatic nitrogens is 2. The van der Waals surface area contributed by atoms with Crippen LogP contribution in [0.1, 0.15) is 47.8 Å². The smallest absolute Gasteiger partial charge is 0.277 e. The Morgan fingerprint density at radius 2 is 2.06 bits per heavy atom. The van der Waals surface area contributed by atoms with Crippen LogP contribution >= 0.6 is 0 Å². The third-order valence-corrected chi connectivity index (χ3v) is 3.31. The van der Waals surface area contributed by atoms with E-state index in [4.69, 9.17) is 0 Å². The molecule has 1 N–H and O–H groups in total. The Bertz CT molecular complexity index is 419. The number of hydrogen-bond acceptors (Lipinski definition) is 2. The quantitative estimate of drug-likeness (QED) is 0.829. The first-order chi connectivity index (χ1) is 7.77. The van der Waals surface area contributed by atoms with E-state index in [0.717, 1.165) is 38.8 Å². The molecule has 5 heteroatoms. The van der Waals surface area contributed by atoms with Gasteiger partial charge in [-0.25, -0.2) is 4.39 Å². The van der Waals surface area contributed by atoms with Gasteiger partial charge in [0.1, 0.15) is 0 Å². The molecule has 2 heterocycles. The van der Waals surface area contributed by atoms with Crippen molar-refractivity contribution in [2.75, 3.05) is 13.1 Å². The molecule has 0 atom stereocenters. The maximum Gasteiger partial charge on any atom is 0.277 e. The fourth-order valence-electron chi connectivity index (χ4n) is 2.20. The second-order valence-electron chi connectivity index (χ2n) is 4.57. The van der Waals surface area contributed by atoms with Crippen LogP contribution in [0.15, 0.2) is 0 Å². The molecule has 1 saturated heterocycles. The molecule has 1 aromatic rings. The van der Waals surface area contributed by atoms with Crippen molar-refractivity contribution in [3.63, 3.8) is 0 Å². The van der Waals surface area contributed by atoms with Gasteiger partial charge in [-0.1, -0.05) is 0 Å². The lowest BCUT2D eigenvalue weighted by Gasteiger charge is -2.12. The zero-order chi connectivity index (χ0) is 11.1. The molecule has 1 aliphatic heterocycles. The molecule has 0 spiro atoms. The average molecular weight is 223 g/mol. The number of carbonyl (C=O) groups excluding carboxylic acids is 1. The Kier molecular flexibility index (Phi) is 2.19. The predicted octanol–water partition coefficient (Wildman–Crippen LogP) is 1.66. The number of aromatic amines is 1. The molecule has 0 radical (unpaired) electrons. The Hall–Kier alpha value is -1.39. The molecular formula is C11H14FN3O. The fourth-order valence-corrected chi connectivity index (χ4v) is 2.20. The summed E-state index contributed by atoms with van der Waals surface area (Å²) in [5.41, 5.74) is 0.492. The highest BCUT2D eigenvalue weighted by molar-refractivity contribution is 5.92. The molecule has 0 aromatic carbocycles. The number of H-pyrrole nitrogens is 1. The van der Waals surface area contributed by atoms with Crippen molar-refractivity contribution >= 4 is 5.91 Å². The van der Waals surface area contributed by atoms with Crippen molar-refractivity contribution < 1.29 is 9.18 Å². The van der Waals surface area contributed by atoms with Gasteiger partial charge >= 0.3 is 0 Å². The van der Waals surface area contributed by atoms with Gasteiger partial charge in [0.05, 0.1) is 5.69 Å². The van der Waals surface area contributed by atoms with E-state index < -0.39 is 5.82 Å². The van der Waals surface area contributed by atoms with E-state index in [1.165, 1.54) is 0 Å². The van der Waals surface area contributed by atoms with Gasteiger partial charge in [0.25, 0.3) is 5.91 Å². The van der Waals surface area contributed by atoms with E-state index in [2.05, 4.69) is 10.2 Å². The second kappa shape index (κ2) is 3.57. The second-order valence-corrected chi connectivity index (χ2v) is 4.57. The third kappa shape index (κ3) is 1.50. The lowest BCUT2D eigenvalue weighted by atomic mass is 10.2. The minimum absolute atomic E-state index is 0.0243. The van der Waals surface area contributed by atoms with Crippen molar-refractivity contribution in [1.82, 2.24) is 15.1 Å². The number of hydrogen-bond donors (Lipinski definition) is 1. The summed E-state index contributed by atoms with van der Waals surface area (Å²) in [5.74, 6) is -0.440. The van der Waals surface area contributed by atoms with Gasteiger partial charge in [0, 0.05) is 19.0 Å². The Morgan fingerprint density at radius 1 is 1.38 bits per heavy atom. The molecule has 1 amide bonds. The minimum Gasteiger partial charge on any atom is -0.337 e. The maximum atomic E-state index is 13.9. The zero-order valence-electron chi connectivity index (χ0n) is 9.00. The standard InChI is InChI=1S/C11H14FN3O/c12-8-9(7-3-4-7)13-14-10(8)11(16)15-5-1-2-6-15/h7H,1-6H2,(H,13,14). The molecule has 4 nitrogen and oxygen atoms in total. The van der Waals surface area contributed by atoms with Crippen LogP contribution in [0.4, 0.5) is 4.39 Å². The normalized spacial score (nSPS) is 20.4. The minimum atomic E-state index is -0.431. The van der Waals surface area contributed by atoms with E-state index >= 15 is 0 Å². The number of nitrogens with one attached hydrogen (secondary N) is 1. The molecule has 1 aromatic heterocycles. The molecule has 0 unspecified atom stereocenters. The summed E-state index contributed by atoms with van der Waals surface area (Å²) >= 11 is 0. The molecule has 3 rings (SSSR count). The Labute approximate surface area is 92.8 Å². The fraction of sp³-hybridized carbons (Fsp3) is 0.636. The van der Waals surface area contributed by atoms with Crippen molar-refractivity contribution in [3.8, 4) is 0 Å². The van der Waals surface area contributed by atoms with E-state index in [1.54, 1.807) is 4.90 Å². The lowest BCUT2D eigenvalue weighted by molar-refractivity contribution is 0.0782. The first-order valence-corrected chi connectivity index (χ1v) is 5.80. The molecule has 86 valence electrons. The maximum absolute atomic E-state index is 13.9. The van der Waals surface area contributed by atoms with Crippen molar-refractivity contribution in [3.05, 3.63) is 17.2 Å². The number of halogens is 1. The average Bonchev–Trinajstić information content (AvgIpc) is 2.84. The number of rotatable bonds is 2. The molecular weight excluding hydrogens is 209 g/mol. The summed E-state index contributed by atoms with van der Waals surface area (Å²) in [6.07, 6.45) is 4.01. The van der Waals surface area contributed by atoms with Gasteiger partial charge < -0.3 is 4.90 Å². The summed E-state index contributed by atoms with van der Waals surface area (Å²) in [5, 5.41) is 6.50. The van der Waals surface area contributed by atoms with E-state index in [0.29, 0.717) is 5.69 Å². The monoisotopic (exact) mass is 223 g/mol. The summed E-state index contributed by atoms with van der Waals surface area (Å²) in [6, 6.07) is 0. The van der Waals surface area contributed by atoms with Gasteiger partial charge in [-0.3, -0.25) is 9.89 Å². The Morgan fingerprint density at radius 3 is 2.69 bits per heavy atom. The van der Waals surface area contributed by atoms with Crippen LogP contribution in [0.25, 0.3) is 0 Å². The molecule has 2 fully saturated rings. The van der Waals surface area contributed by atoms with Crippen LogP contribution in [0.3, 0.4) is 0 Å². The van der Waals surface area contributed by atoms with E-state index in [9.17, 15) is 9.18 Å². The summed E-state index contributed by atoms with van der Waals surface area (Å²) in [7, 11) is 0. The number of likely N-dealkylation sites (tertiary alicyclic amines) is 1. The van der Waals surface area contributed by atoms with Gasteiger partial charge in [-0.15, -0.1) is 0 Å². The molecule has 1 saturated carbocycles. The van der Waals surface area contributed by atoms with Crippen LogP contribution in [0.2, 0.25) is 0 Å². The Balaban J connectivity index is 1.85. The first kappa shape index (κ1) is 9.81. The molecule has 16 heavy (non-hydrogen) atoms. The summed E-state index contributed by atoms with van der Waals surface area (Å²) in [4.78, 5) is 13.6. The van der Waals surface area contributed by atoms with Crippen LogP contribution in [-0.4, -0.2) is 34.1 Å². The summed E-state index contributed by atoms with van der Waals surface area (Å²) < 4.78 is 13.9. The van der Waals surface area contributed by atoms with Crippen molar-refractivity contribution in [2.45, 2.75) is 31.6 Å². The largest absolute Gasteiger partial charge is 0.337 e. The van der Waals surface area contributed by atoms with Crippen LogP contribution in [0, 0.1) is 5.82 Å². The molecule has 0 bridgehead atoms. The molecule has 1 aliphatic carbocycles. The van der Waals surface area contributed by atoms with Crippen molar-refractivity contribution in [2.24, 2.45) is 0 Å². The van der Waals surface area contributed by atoms with Crippen LogP contribution in [0.5, 0.6) is 0 Å². The van der Waals surface area contributed by atoms with Gasteiger partial charge in [0.15, 0.2) is 11.5 Å². The van der Waals surface area contributed by atoms with Crippen LogP contribution < -0.4 is 0 Å². The lowest BCUT2D eigenvalue weighted by Crippen LogP contribution is -2.28. The number of nitrogens with zero attached hydrogens (tertiary/aromatic N) is 2. The van der Waals surface area contributed by atoms with Crippen LogP contribution in [-0.2, 0) is 0 Å². The van der Waals surface area contributed by atoms with Gasteiger partial charge in [-0.2, -0.15) is 5.10 Å². The van der Waals surface area contributed by atoms with E-state index in [-0.39, 0.29) is 17.5 Å². The SMILES string of the molecule is O=C(c1n[nH]c(C2CC2)c1F)N1CCCC1. The summed E-state index contributed by atoms with van der Waals surface area (Å²) in [6.45, 7) is 1.45. The number of carbonyl (C=O) groups is 1. The first-order valence-electron chi connectivity index (χ1n) is 5.80. The topological polar surface area (TPSA) is 49.0 Å². The third-order valence-electron chi connectivity index (χ3n) is 3.31. The zero-order valence-corrected chi connectivity index (χ0v) is 9.00. The highest BCUT2D eigenvalue weighted by Crippen LogP contribution is 2.40. The highest BCUT2D eigenvalue weighted by atomic mass is 19.1. The van der Waals surface area contributed by atoms with E-state index in [1.807, 2.05) is 0 Å². The van der Waals surface area contributed by atoms with Gasteiger partial charge in [0.2, 0.25) is 0 Å². The highest BCUT2D eigenvalue weighted by Gasteiger charge is 2.33. The van der Waals surface area contributed by atoms with Crippen molar-refractivity contribution in [1.29, 1.82) is 0 Å². The van der Waals surface area contributed by atoms with Gasteiger partial charge in [-0.05, 0) is 25.7 Å².